The molecule has 7 heteroatoms. The van der Waals surface area contributed by atoms with Crippen molar-refractivity contribution in [2.75, 3.05) is 28.7 Å². The van der Waals surface area contributed by atoms with Crippen LogP contribution >= 0.6 is 0 Å². The van der Waals surface area contributed by atoms with Gasteiger partial charge in [-0.2, -0.15) is 0 Å². The Balaban J connectivity index is 1.66. The van der Waals surface area contributed by atoms with Gasteiger partial charge in [-0.3, -0.25) is 4.98 Å². The average molecular weight is 474 g/mol. The average Bonchev–Trinajstić information content (AvgIpc) is 3.66. The second kappa shape index (κ2) is 8.48. The number of halogens is 2. The number of hydrogen-bond donors (Lipinski definition) is 1. The molecular formula is C28H29F2N5. The molecule has 2 aromatic heterocycles. The molecule has 2 aliphatic rings. The fourth-order valence-electron chi connectivity index (χ4n) is 5.00. The monoisotopic (exact) mass is 473 g/mol. The van der Waals surface area contributed by atoms with Crippen molar-refractivity contribution >= 4 is 23.0 Å². The molecule has 0 saturated heterocycles. The van der Waals surface area contributed by atoms with Crippen molar-refractivity contribution in [1.82, 2.24) is 9.97 Å². The van der Waals surface area contributed by atoms with Crippen LogP contribution in [0.5, 0.6) is 0 Å². The number of nitrogens with zero attached hydrogens (tertiary/aromatic N) is 4. The maximum atomic E-state index is 15.2. The Morgan fingerprint density at radius 3 is 2.69 bits per heavy atom. The number of hydrogen-bond acceptors (Lipinski definition) is 5. The van der Waals surface area contributed by atoms with Crippen LogP contribution in [0.15, 0.2) is 67.5 Å². The van der Waals surface area contributed by atoms with Crippen molar-refractivity contribution in [2.24, 2.45) is 5.92 Å². The Bertz CT molecular complexity index is 1330. The number of aromatic nitrogens is 2. The van der Waals surface area contributed by atoms with Gasteiger partial charge in [0, 0.05) is 48.4 Å². The first-order valence-electron chi connectivity index (χ1n) is 11.8. The molecule has 1 aliphatic heterocycles. The van der Waals surface area contributed by atoms with Gasteiger partial charge >= 0.3 is 0 Å². The van der Waals surface area contributed by atoms with Crippen LogP contribution in [0.3, 0.4) is 0 Å². The molecule has 1 fully saturated rings. The van der Waals surface area contributed by atoms with Gasteiger partial charge in [-0.1, -0.05) is 19.2 Å². The van der Waals surface area contributed by atoms with E-state index in [-0.39, 0.29) is 0 Å². The molecule has 3 aromatic rings. The van der Waals surface area contributed by atoms with E-state index in [4.69, 9.17) is 4.98 Å². The zero-order chi connectivity index (χ0) is 24.9. The Morgan fingerprint density at radius 1 is 1.23 bits per heavy atom. The predicted molar refractivity (Wildman–Crippen MR) is 137 cm³/mol. The summed E-state index contributed by atoms with van der Waals surface area (Å²) in [5.41, 5.74) is 3.30. The van der Waals surface area contributed by atoms with E-state index in [0.29, 0.717) is 41.1 Å². The third-order valence-corrected chi connectivity index (χ3v) is 7.03. The summed E-state index contributed by atoms with van der Waals surface area (Å²) in [6.45, 7) is 13.2. The van der Waals surface area contributed by atoms with Crippen molar-refractivity contribution in [1.29, 1.82) is 0 Å². The van der Waals surface area contributed by atoms with E-state index in [1.165, 1.54) is 12.1 Å². The molecule has 1 aromatic carbocycles. The molecule has 3 heterocycles. The topological polar surface area (TPSA) is 44.3 Å². The van der Waals surface area contributed by atoms with E-state index < -0.39 is 17.2 Å². The Labute approximate surface area is 204 Å². The summed E-state index contributed by atoms with van der Waals surface area (Å²) in [4.78, 5) is 13.6. The molecular weight excluding hydrogens is 444 g/mol. The Hall–Kier alpha value is -3.74. The lowest BCUT2D eigenvalue weighted by molar-refractivity contribution is 0.511. The number of fused-ring (bicyclic) bond motifs is 1. The second-order valence-corrected chi connectivity index (χ2v) is 9.27. The first-order chi connectivity index (χ1) is 16.8. The Kier molecular flexibility index (Phi) is 5.58. The van der Waals surface area contributed by atoms with Gasteiger partial charge in [-0.15, -0.1) is 0 Å². The quantitative estimate of drug-likeness (QED) is 0.436. The summed E-state index contributed by atoms with van der Waals surface area (Å²) in [6, 6.07) is 11.3. The van der Waals surface area contributed by atoms with E-state index in [9.17, 15) is 4.39 Å². The van der Waals surface area contributed by atoms with Crippen LogP contribution in [0.1, 0.15) is 43.5 Å². The molecule has 35 heavy (non-hydrogen) atoms. The summed E-state index contributed by atoms with van der Waals surface area (Å²) in [6.07, 6.45) is 3.99. The molecule has 1 atom stereocenters. The van der Waals surface area contributed by atoms with Crippen LogP contribution in [0, 0.1) is 17.6 Å². The maximum absolute atomic E-state index is 15.2. The minimum absolute atomic E-state index is 0.299. The molecule has 0 amide bonds. The minimum Gasteiger partial charge on any atom is -0.369 e. The lowest BCUT2D eigenvalue weighted by Gasteiger charge is -2.37. The van der Waals surface area contributed by atoms with Crippen LogP contribution < -0.4 is 15.1 Å². The van der Waals surface area contributed by atoms with E-state index in [0.717, 1.165) is 35.9 Å². The van der Waals surface area contributed by atoms with Gasteiger partial charge < -0.3 is 15.1 Å². The number of allylic oxidation sites excluding steroid dienone is 1. The van der Waals surface area contributed by atoms with Crippen LogP contribution in [0.2, 0.25) is 0 Å². The maximum Gasteiger partial charge on any atom is 0.152 e. The molecule has 1 unspecified atom stereocenters. The summed E-state index contributed by atoms with van der Waals surface area (Å²) < 4.78 is 29.0. The van der Waals surface area contributed by atoms with E-state index in [1.807, 2.05) is 50.1 Å². The third-order valence-electron chi connectivity index (χ3n) is 7.03. The first kappa shape index (κ1) is 23.0. The normalized spacial score (nSPS) is 19.0. The highest BCUT2D eigenvalue weighted by Crippen LogP contribution is 2.51. The van der Waals surface area contributed by atoms with Gasteiger partial charge in [-0.25, -0.2) is 13.8 Å². The molecule has 1 saturated carbocycles. The van der Waals surface area contributed by atoms with Gasteiger partial charge in [0.15, 0.2) is 5.82 Å². The number of rotatable bonds is 7. The molecule has 0 bridgehead atoms. The zero-order valence-electron chi connectivity index (χ0n) is 20.3. The van der Waals surface area contributed by atoms with Crippen LogP contribution in [0.4, 0.5) is 26.1 Å². The fourth-order valence-corrected chi connectivity index (χ4v) is 5.00. The number of pyridine rings is 2. The first-order valence-corrected chi connectivity index (χ1v) is 11.8. The third kappa shape index (κ3) is 3.66. The van der Waals surface area contributed by atoms with Crippen LogP contribution in [-0.4, -0.2) is 23.6 Å². The molecule has 5 nitrogen and oxygen atoms in total. The largest absolute Gasteiger partial charge is 0.369 e. The molecule has 180 valence electrons. The standard InChI is InChI=1S/C28H29F2N5/c1-6-31-27-24(34(5)17(2)19-9-10-19)13-14-25(33-27)35-18(3)21-8-7-15-32-26(21)28(35,4)22-12-11-20(29)16-23(22)30/h7-8,11-16,19H,2-3,6,9-10H2,1,4-5H3,(H,31,33). The van der Waals surface area contributed by atoms with E-state index >= 15 is 4.39 Å². The van der Waals surface area contributed by atoms with Gasteiger partial charge in [0.2, 0.25) is 0 Å². The molecule has 1 aliphatic carbocycles. The summed E-state index contributed by atoms with van der Waals surface area (Å²) >= 11 is 0. The second-order valence-electron chi connectivity index (χ2n) is 9.27. The molecule has 0 spiro atoms. The number of anilines is 3. The fraction of sp³-hybridized carbons (Fsp3) is 0.286. The lowest BCUT2D eigenvalue weighted by Crippen LogP contribution is -2.40. The lowest BCUT2D eigenvalue weighted by atomic mass is 9.87. The SMILES string of the molecule is C=C(C1CC1)N(C)c1ccc(N2C(=C)c3cccnc3C2(C)c2ccc(F)cc2F)nc1NCC. The highest BCUT2D eigenvalue weighted by molar-refractivity contribution is 5.88. The van der Waals surface area contributed by atoms with Crippen molar-refractivity contribution in [3.63, 3.8) is 0 Å². The van der Waals surface area contributed by atoms with Gasteiger partial charge in [0.25, 0.3) is 0 Å². The molecule has 1 N–H and O–H groups in total. The number of benzene rings is 1. The van der Waals surface area contributed by atoms with Crippen LogP contribution in [-0.2, 0) is 5.54 Å². The molecule has 5 rings (SSSR count). The smallest absolute Gasteiger partial charge is 0.152 e. The summed E-state index contributed by atoms with van der Waals surface area (Å²) in [5, 5.41) is 3.37. The highest BCUT2D eigenvalue weighted by Gasteiger charge is 2.48. The zero-order valence-corrected chi connectivity index (χ0v) is 20.3. The summed E-state index contributed by atoms with van der Waals surface area (Å²) in [5.74, 6) is 0.526. The summed E-state index contributed by atoms with van der Waals surface area (Å²) in [7, 11) is 2.00. The van der Waals surface area contributed by atoms with Crippen molar-refractivity contribution in [3.8, 4) is 0 Å². The Morgan fingerprint density at radius 2 is 2.00 bits per heavy atom. The van der Waals surface area contributed by atoms with Crippen molar-refractivity contribution in [3.05, 3.63) is 96.0 Å². The van der Waals surface area contributed by atoms with Gasteiger partial charge in [-0.05, 0) is 62.9 Å². The number of nitrogens with one attached hydrogen (secondary N) is 1. The minimum atomic E-state index is -1.08. The van der Waals surface area contributed by atoms with Gasteiger partial charge in [0.05, 0.1) is 11.4 Å². The van der Waals surface area contributed by atoms with Crippen LogP contribution in [0.25, 0.3) is 5.70 Å². The predicted octanol–water partition coefficient (Wildman–Crippen LogP) is 6.30. The van der Waals surface area contributed by atoms with Gasteiger partial charge in [0.1, 0.15) is 23.0 Å². The van der Waals surface area contributed by atoms with E-state index in [1.54, 1.807) is 6.20 Å². The van der Waals surface area contributed by atoms with E-state index in [2.05, 4.69) is 28.4 Å². The molecule has 0 radical (unpaired) electrons. The van der Waals surface area contributed by atoms with Crippen molar-refractivity contribution in [2.45, 2.75) is 32.2 Å². The highest BCUT2D eigenvalue weighted by atomic mass is 19.1. The van der Waals surface area contributed by atoms with Crippen molar-refractivity contribution < 1.29 is 8.78 Å².